The summed E-state index contributed by atoms with van der Waals surface area (Å²) in [7, 11) is 4.99. The van der Waals surface area contributed by atoms with Crippen molar-refractivity contribution in [1.82, 2.24) is 14.7 Å². The number of benzene rings is 3. The lowest BCUT2D eigenvalue weighted by atomic mass is 9.85. The fraction of sp³-hybridized carbons (Fsp3) is 0.571. The average molecular weight is 706 g/mol. The first kappa shape index (κ1) is 40.1. The molecule has 3 aromatic rings. The lowest BCUT2D eigenvalue weighted by molar-refractivity contribution is 0.206. The SMILES string of the molecule is COc1cc(CN2CCN(Cc3cc(OC)cc(C(C)(C)C)c3O)CCN(Cc3cc(OC)cc(C(C)(C)C)c3O)CC2)c(O)c(C(C)(C)C)c1. The molecule has 282 valence electrons. The van der Waals surface area contributed by atoms with E-state index in [0.29, 0.717) is 36.9 Å². The summed E-state index contributed by atoms with van der Waals surface area (Å²) < 4.78 is 17.0. The molecule has 0 bridgehead atoms. The summed E-state index contributed by atoms with van der Waals surface area (Å²) in [6.45, 7) is 25.0. The van der Waals surface area contributed by atoms with Gasteiger partial charge in [-0.1, -0.05) is 62.3 Å². The summed E-state index contributed by atoms with van der Waals surface area (Å²) in [5, 5.41) is 34.5. The second-order valence-electron chi connectivity index (χ2n) is 17.1. The Kier molecular flexibility index (Phi) is 12.5. The number of hydrogen-bond acceptors (Lipinski definition) is 9. The highest BCUT2D eigenvalue weighted by molar-refractivity contribution is 5.51. The average Bonchev–Trinajstić information content (AvgIpc) is 3.13. The maximum atomic E-state index is 11.5. The van der Waals surface area contributed by atoms with E-state index < -0.39 is 0 Å². The van der Waals surface area contributed by atoms with Gasteiger partial charge in [0.1, 0.15) is 34.5 Å². The molecule has 0 unspecified atom stereocenters. The molecule has 1 saturated heterocycles. The molecule has 51 heavy (non-hydrogen) atoms. The van der Waals surface area contributed by atoms with Gasteiger partial charge in [0, 0.05) is 92.3 Å². The summed E-state index contributed by atoms with van der Waals surface area (Å²) in [6.07, 6.45) is 0. The molecule has 0 amide bonds. The molecule has 0 atom stereocenters. The Morgan fingerprint density at radius 1 is 0.431 bits per heavy atom. The topological polar surface area (TPSA) is 98.1 Å². The second-order valence-corrected chi connectivity index (χ2v) is 17.1. The minimum absolute atomic E-state index is 0.260. The zero-order chi connectivity index (χ0) is 37.9. The van der Waals surface area contributed by atoms with E-state index in [1.165, 1.54) is 0 Å². The maximum Gasteiger partial charge on any atom is 0.124 e. The van der Waals surface area contributed by atoms with Crippen LogP contribution < -0.4 is 14.2 Å². The zero-order valence-electron chi connectivity index (χ0n) is 33.2. The van der Waals surface area contributed by atoms with Crippen LogP contribution in [0, 0.1) is 0 Å². The summed E-state index contributed by atoms with van der Waals surface area (Å²) >= 11 is 0. The van der Waals surface area contributed by atoms with E-state index in [0.717, 1.165) is 89.9 Å². The summed E-state index contributed by atoms with van der Waals surface area (Å²) in [5.41, 5.74) is 4.28. The third-order valence-electron chi connectivity index (χ3n) is 10.00. The Morgan fingerprint density at radius 3 is 0.824 bits per heavy atom. The van der Waals surface area contributed by atoms with Crippen molar-refractivity contribution < 1.29 is 29.5 Å². The summed E-state index contributed by atoms with van der Waals surface area (Å²) in [6, 6.07) is 11.6. The molecule has 9 heteroatoms. The fourth-order valence-electron chi connectivity index (χ4n) is 6.81. The molecule has 1 aliphatic heterocycles. The van der Waals surface area contributed by atoms with E-state index >= 15 is 0 Å². The van der Waals surface area contributed by atoms with Gasteiger partial charge in [-0.05, 0) is 52.6 Å². The van der Waals surface area contributed by atoms with Crippen molar-refractivity contribution in [2.45, 2.75) is 98.2 Å². The Balaban J connectivity index is 1.72. The lowest BCUT2D eigenvalue weighted by Crippen LogP contribution is -2.35. The van der Waals surface area contributed by atoms with Crippen molar-refractivity contribution in [3.63, 3.8) is 0 Å². The predicted octanol–water partition coefficient (Wildman–Crippen LogP) is 7.54. The van der Waals surface area contributed by atoms with Gasteiger partial charge in [-0.2, -0.15) is 0 Å². The molecule has 9 nitrogen and oxygen atoms in total. The van der Waals surface area contributed by atoms with Crippen LogP contribution in [0.4, 0.5) is 0 Å². The predicted molar refractivity (Wildman–Crippen MR) is 206 cm³/mol. The largest absolute Gasteiger partial charge is 0.507 e. The van der Waals surface area contributed by atoms with Gasteiger partial charge in [-0.15, -0.1) is 0 Å². The molecule has 3 N–H and O–H groups in total. The second kappa shape index (κ2) is 15.9. The van der Waals surface area contributed by atoms with Crippen LogP contribution in [0.25, 0.3) is 0 Å². The minimum atomic E-state index is -0.260. The van der Waals surface area contributed by atoms with Crippen molar-refractivity contribution in [3.8, 4) is 34.5 Å². The molecule has 0 radical (unpaired) electrons. The first-order chi connectivity index (χ1) is 23.7. The van der Waals surface area contributed by atoms with Crippen LogP contribution in [0.3, 0.4) is 0 Å². The van der Waals surface area contributed by atoms with Crippen LogP contribution in [0.5, 0.6) is 34.5 Å². The summed E-state index contributed by atoms with van der Waals surface area (Å²) in [4.78, 5) is 7.14. The first-order valence-electron chi connectivity index (χ1n) is 18.1. The number of methoxy groups -OCH3 is 3. The highest BCUT2D eigenvalue weighted by Gasteiger charge is 2.27. The van der Waals surface area contributed by atoms with Crippen LogP contribution in [0.15, 0.2) is 36.4 Å². The highest BCUT2D eigenvalue weighted by atomic mass is 16.5. The van der Waals surface area contributed by atoms with Gasteiger partial charge < -0.3 is 29.5 Å². The third-order valence-corrected chi connectivity index (χ3v) is 10.00. The van der Waals surface area contributed by atoms with Gasteiger partial charge in [-0.25, -0.2) is 0 Å². The molecule has 1 aliphatic rings. The van der Waals surface area contributed by atoms with Crippen LogP contribution >= 0.6 is 0 Å². The monoisotopic (exact) mass is 705 g/mol. The molecule has 0 aliphatic carbocycles. The number of nitrogens with zero attached hydrogens (tertiary/aromatic N) is 3. The van der Waals surface area contributed by atoms with Crippen LogP contribution in [-0.4, -0.2) is 90.6 Å². The molecule has 3 aromatic carbocycles. The molecule has 0 spiro atoms. The van der Waals surface area contributed by atoms with Crippen molar-refractivity contribution in [2.75, 3.05) is 60.6 Å². The van der Waals surface area contributed by atoms with Crippen molar-refractivity contribution in [1.29, 1.82) is 0 Å². The maximum absolute atomic E-state index is 11.5. The van der Waals surface area contributed by atoms with Crippen LogP contribution in [-0.2, 0) is 35.9 Å². The Morgan fingerprint density at radius 2 is 0.647 bits per heavy atom. The normalized spacial score (nSPS) is 16.0. The van der Waals surface area contributed by atoms with Crippen molar-refractivity contribution in [3.05, 3.63) is 69.8 Å². The lowest BCUT2D eigenvalue weighted by Gasteiger charge is -2.29. The zero-order valence-corrected chi connectivity index (χ0v) is 33.2. The number of phenolic OH excluding ortho intramolecular Hbond substituents is 3. The van der Waals surface area contributed by atoms with E-state index in [9.17, 15) is 15.3 Å². The molecular weight excluding hydrogens is 642 g/mol. The van der Waals surface area contributed by atoms with Crippen LogP contribution in [0.2, 0.25) is 0 Å². The quantitative estimate of drug-likeness (QED) is 0.209. The Labute approximate surface area is 306 Å². The number of aromatic hydroxyl groups is 3. The molecule has 0 saturated carbocycles. The minimum Gasteiger partial charge on any atom is -0.507 e. The van der Waals surface area contributed by atoms with E-state index in [-0.39, 0.29) is 16.2 Å². The third kappa shape index (κ3) is 10.0. The summed E-state index contributed by atoms with van der Waals surface area (Å²) in [5.74, 6) is 3.11. The first-order valence-corrected chi connectivity index (χ1v) is 18.1. The molecule has 0 aromatic heterocycles. The van der Waals surface area contributed by atoms with Gasteiger partial charge in [0.05, 0.1) is 21.3 Å². The van der Waals surface area contributed by atoms with Crippen LogP contribution in [0.1, 0.15) is 95.7 Å². The van der Waals surface area contributed by atoms with Gasteiger partial charge >= 0.3 is 0 Å². The van der Waals surface area contributed by atoms with Crippen molar-refractivity contribution in [2.24, 2.45) is 0 Å². The van der Waals surface area contributed by atoms with Gasteiger partial charge in [-0.3, -0.25) is 14.7 Å². The molecule has 1 heterocycles. The fourth-order valence-corrected chi connectivity index (χ4v) is 6.81. The Hall–Kier alpha value is -3.66. The van der Waals surface area contributed by atoms with Crippen molar-refractivity contribution >= 4 is 0 Å². The number of hydrogen-bond donors (Lipinski definition) is 3. The van der Waals surface area contributed by atoms with Gasteiger partial charge in [0.2, 0.25) is 0 Å². The number of phenols is 3. The van der Waals surface area contributed by atoms with E-state index in [2.05, 4.69) is 77.0 Å². The number of rotatable bonds is 9. The standard InChI is InChI=1S/C42H63N3O6/c1-40(2,3)34-22-31(49-10)19-28(37(34)46)25-43-13-15-44(26-29-20-32(50-11)23-35(38(29)47)41(4,5)6)17-18-45(16-14-43)27-30-21-33(51-12)24-36(39(30)48)42(7,8)9/h19-24,46-48H,13-18,25-27H2,1-12H3. The molecule has 1 fully saturated rings. The molecule has 4 rings (SSSR count). The highest BCUT2D eigenvalue weighted by Crippen LogP contribution is 2.40. The van der Waals surface area contributed by atoms with E-state index in [1.54, 1.807) is 21.3 Å². The van der Waals surface area contributed by atoms with Gasteiger partial charge in [0.25, 0.3) is 0 Å². The number of ether oxygens (including phenoxy) is 3. The van der Waals surface area contributed by atoms with E-state index in [4.69, 9.17) is 14.2 Å². The van der Waals surface area contributed by atoms with Gasteiger partial charge in [0.15, 0.2) is 0 Å². The Bertz CT molecular complexity index is 1440. The molecular formula is C42H63N3O6. The van der Waals surface area contributed by atoms with E-state index in [1.807, 2.05) is 36.4 Å². The smallest absolute Gasteiger partial charge is 0.124 e.